The zero-order valence-corrected chi connectivity index (χ0v) is 17.6. The molecule has 4 N–H and O–H groups in total. The van der Waals surface area contributed by atoms with Gasteiger partial charge >= 0.3 is 0 Å². The molecule has 4 rings (SSSR count). The largest absolute Gasteiger partial charge is 0.378 e. The first-order valence-corrected chi connectivity index (χ1v) is 10.4. The smallest absolute Gasteiger partial charge is 0.251 e. The van der Waals surface area contributed by atoms with Crippen LogP contribution < -0.4 is 11.1 Å². The van der Waals surface area contributed by atoms with Gasteiger partial charge in [0.2, 0.25) is 0 Å². The van der Waals surface area contributed by atoms with E-state index in [2.05, 4.69) is 15.3 Å². The standard InChI is InChI=1S/C23H20N6OS/c1-26-22(30)18-6-2-4-15(10-18)16-8-9-29-20(13-27-21(29)12-16)17-5-3-7-19(11-17)28-23(25)31-14-24/h2-14,24H,1H3,(H2,25,28)(H,26,30). The molecule has 2 aromatic carbocycles. The van der Waals surface area contributed by atoms with Gasteiger partial charge in [0.15, 0.2) is 5.17 Å². The van der Waals surface area contributed by atoms with Crippen molar-refractivity contribution in [3.05, 3.63) is 78.6 Å². The lowest BCUT2D eigenvalue weighted by atomic mass is 10.0. The number of hydrogen-bond donors (Lipinski definition) is 3. The van der Waals surface area contributed by atoms with E-state index in [4.69, 9.17) is 11.1 Å². The summed E-state index contributed by atoms with van der Waals surface area (Å²) < 4.78 is 2.00. The second-order valence-electron chi connectivity index (χ2n) is 6.68. The number of nitrogens with one attached hydrogen (secondary N) is 2. The summed E-state index contributed by atoms with van der Waals surface area (Å²) in [5, 5.41) is 10.1. The molecule has 4 aromatic rings. The van der Waals surface area contributed by atoms with Gasteiger partial charge in [-0.2, -0.15) is 0 Å². The summed E-state index contributed by atoms with van der Waals surface area (Å²) in [7, 11) is 1.62. The normalized spacial score (nSPS) is 11.5. The van der Waals surface area contributed by atoms with Crippen LogP contribution in [0.15, 0.2) is 78.0 Å². The number of rotatable bonds is 5. The van der Waals surface area contributed by atoms with Crippen molar-refractivity contribution in [1.29, 1.82) is 5.41 Å². The highest BCUT2D eigenvalue weighted by molar-refractivity contribution is 8.24. The van der Waals surface area contributed by atoms with Gasteiger partial charge in [-0.15, -0.1) is 0 Å². The van der Waals surface area contributed by atoms with Crippen LogP contribution in [0.2, 0.25) is 0 Å². The Morgan fingerprint density at radius 1 is 1.13 bits per heavy atom. The van der Waals surface area contributed by atoms with Gasteiger partial charge in [-0.05, 0) is 59.3 Å². The van der Waals surface area contributed by atoms with E-state index in [0.29, 0.717) is 16.4 Å². The first kappa shape index (κ1) is 20.4. The lowest BCUT2D eigenvalue weighted by Gasteiger charge is -2.07. The van der Waals surface area contributed by atoms with E-state index in [1.165, 1.54) is 0 Å². The van der Waals surface area contributed by atoms with Crippen molar-refractivity contribution >= 4 is 39.7 Å². The number of thioether (sulfide) groups is 1. The Balaban J connectivity index is 1.70. The first-order chi connectivity index (χ1) is 15.1. The number of aliphatic imine (C=N–C) groups is 1. The van der Waals surface area contributed by atoms with Crippen molar-refractivity contribution in [3.63, 3.8) is 0 Å². The number of benzene rings is 2. The summed E-state index contributed by atoms with van der Waals surface area (Å²) in [6.07, 6.45) is 3.79. The molecule has 0 aliphatic carbocycles. The monoisotopic (exact) mass is 428 g/mol. The van der Waals surface area contributed by atoms with E-state index in [0.717, 1.165) is 45.3 Å². The maximum atomic E-state index is 11.9. The van der Waals surface area contributed by atoms with Gasteiger partial charge in [0.05, 0.1) is 23.1 Å². The quantitative estimate of drug-likeness (QED) is 0.325. The highest BCUT2D eigenvalue weighted by atomic mass is 32.2. The second-order valence-corrected chi connectivity index (χ2v) is 7.57. The van der Waals surface area contributed by atoms with Crippen molar-refractivity contribution in [3.8, 4) is 22.4 Å². The Kier molecular flexibility index (Phi) is 5.81. The maximum Gasteiger partial charge on any atom is 0.251 e. The number of nitrogens with zero attached hydrogens (tertiary/aromatic N) is 3. The van der Waals surface area contributed by atoms with Crippen LogP contribution in [0.1, 0.15) is 10.4 Å². The molecular formula is C23H20N6OS. The third-order valence-electron chi connectivity index (χ3n) is 4.76. The maximum absolute atomic E-state index is 11.9. The lowest BCUT2D eigenvalue weighted by molar-refractivity contribution is 0.0963. The number of aromatic nitrogens is 2. The third kappa shape index (κ3) is 4.34. The molecule has 1 amide bonds. The van der Waals surface area contributed by atoms with Crippen LogP contribution in [-0.2, 0) is 0 Å². The van der Waals surface area contributed by atoms with E-state index in [1.807, 2.05) is 71.4 Å². The molecule has 2 aromatic heterocycles. The van der Waals surface area contributed by atoms with Gasteiger partial charge in [-0.25, -0.2) is 9.98 Å². The van der Waals surface area contributed by atoms with E-state index >= 15 is 0 Å². The summed E-state index contributed by atoms with van der Waals surface area (Å²) in [5.74, 6) is -0.117. The second kappa shape index (κ2) is 8.85. The number of carbonyl (C=O) groups excluding carboxylic acids is 1. The van der Waals surface area contributed by atoms with Gasteiger partial charge in [-0.3, -0.25) is 9.20 Å². The average Bonchev–Trinajstić information content (AvgIpc) is 3.22. The van der Waals surface area contributed by atoms with Crippen molar-refractivity contribution in [1.82, 2.24) is 14.7 Å². The Morgan fingerprint density at radius 3 is 2.71 bits per heavy atom. The van der Waals surface area contributed by atoms with E-state index in [-0.39, 0.29) is 5.91 Å². The fourth-order valence-corrected chi connectivity index (χ4v) is 3.59. The van der Waals surface area contributed by atoms with Crippen LogP contribution in [0.3, 0.4) is 0 Å². The van der Waals surface area contributed by atoms with Gasteiger partial charge in [0, 0.05) is 24.4 Å². The molecule has 8 heteroatoms. The fraction of sp³-hybridized carbons (Fsp3) is 0.0435. The van der Waals surface area contributed by atoms with Gasteiger partial charge < -0.3 is 16.5 Å². The minimum Gasteiger partial charge on any atom is -0.378 e. The molecule has 0 atom stereocenters. The molecule has 7 nitrogen and oxygen atoms in total. The minimum atomic E-state index is -0.117. The van der Waals surface area contributed by atoms with Crippen LogP contribution >= 0.6 is 11.8 Å². The SMILES string of the molecule is CNC(=O)c1cccc(-c2ccn3c(-c4cccc(N=C(N)SC=N)c4)cnc3c2)c1. The van der Waals surface area contributed by atoms with Crippen LogP contribution in [0.25, 0.3) is 28.0 Å². The molecule has 0 fully saturated rings. The molecular weight excluding hydrogens is 408 g/mol. The van der Waals surface area contributed by atoms with E-state index in [9.17, 15) is 4.79 Å². The zero-order valence-electron chi connectivity index (χ0n) is 16.7. The number of nitrogens with two attached hydrogens (primary N) is 1. The van der Waals surface area contributed by atoms with Crippen molar-refractivity contribution < 1.29 is 4.79 Å². The van der Waals surface area contributed by atoms with Gasteiger partial charge in [0.25, 0.3) is 5.91 Å². The van der Waals surface area contributed by atoms with Gasteiger partial charge in [0.1, 0.15) is 5.65 Å². The number of carbonyl (C=O) groups is 1. The molecule has 0 spiro atoms. The molecule has 154 valence electrons. The summed E-state index contributed by atoms with van der Waals surface area (Å²) in [6, 6.07) is 19.2. The van der Waals surface area contributed by atoms with Crippen LogP contribution in [-0.4, -0.2) is 33.1 Å². The first-order valence-electron chi connectivity index (χ1n) is 9.49. The number of hydrogen-bond acceptors (Lipinski definition) is 5. The number of imidazole rings is 1. The molecule has 0 unspecified atom stereocenters. The highest BCUT2D eigenvalue weighted by Crippen LogP contribution is 2.28. The lowest BCUT2D eigenvalue weighted by Crippen LogP contribution is -2.17. The van der Waals surface area contributed by atoms with Gasteiger partial charge in [-0.1, -0.05) is 24.3 Å². The third-order valence-corrected chi connectivity index (χ3v) is 5.21. The topological polar surface area (TPSA) is 109 Å². The number of pyridine rings is 1. The summed E-state index contributed by atoms with van der Waals surface area (Å²) in [4.78, 5) is 20.8. The minimum absolute atomic E-state index is 0.117. The predicted molar refractivity (Wildman–Crippen MR) is 127 cm³/mol. The molecule has 0 bridgehead atoms. The van der Waals surface area contributed by atoms with E-state index in [1.54, 1.807) is 13.1 Å². The van der Waals surface area contributed by atoms with Crippen LogP contribution in [0.4, 0.5) is 5.69 Å². The predicted octanol–water partition coefficient (Wildman–Crippen LogP) is 4.31. The molecule has 31 heavy (non-hydrogen) atoms. The Labute approximate surface area is 183 Å². The van der Waals surface area contributed by atoms with Crippen molar-refractivity contribution in [2.75, 3.05) is 7.05 Å². The molecule has 0 aliphatic rings. The molecule has 2 heterocycles. The number of amides is 1. The Morgan fingerprint density at radius 2 is 1.90 bits per heavy atom. The highest BCUT2D eigenvalue weighted by Gasteiger charge is 2.10. The number of amidine groups is 1. The Hall–Kier alpha value is -3.91. The summed E-state index contributed by atoms with van der Waals surface area (Å²) in [5.41, 5.74) is 12.9. The molecule has 0 saturated heterocycles. The summed E-state index contributed by atoms with van der Waals surface area (Å²) >= 11 is 1.06. The molecule has 0 radical (unpaired) electrons. The zero-order chi connectivity index (χ0) is 21.8. The van der Waals surface area contributed by atoms with E-state index < -0.39 is 0 Å². The van der Waals surface area contributed by atoms with Crippen LogP contribution in [0.5, 0.6) is 0 Å². The summed E-state index contributed by atoms with van der Waals surface area (Å²) in [6.45, 7) is 0. The molecule has 0 saturated carbocycles. The average molecular weight is 429 g/mol. The van der Waals surface area contributed by atoms with Crippen molar-refractivity contribution in [2.24, 2.45) is 10.7 Å². The fourth-order valence-electron chi connectivity index (χ4n) is 3.31. The Bertz CT molecular complexity index is 1310. The van der Waals surface area contributed by atoms with Crippen molar-refractivity contribution in [2.45, 2.75) is 0 Å². The number of fused-ring (bicyclic) bond motifs is 1. The molecule has 0 aliphatic heterocycles. The van der Waals surface area contributed by atoms with Crippen LogP contribution in [0, 0.1) is 5.41 Å².